The maximum atomic E-state index is 12.5. The molecule has 6 N–H and O–H groups in total. The first kappa shape index (κ1) is 21.3. The summed E-state index contributed by atoms with van der Waals surface area (Å²) in [6.45, 7) is 2.50. The van der Waals surface area contributed by atoms with Crippen LogP contribution in [0.25, 0.3) is 5.69 Å². The number of carbonyl (C=O) groups is 2. The van der Waals surface area contributed by atoms with Gasteiger partial charge in [0.1, 0.15) is 0 Å². The van der Waals surface area contributed by atoms with E-state index in [4.69, 9.17) is 11.5 Å². The number of rotatable bonds is 3. The van der Waals surface area contributed by atoms with Crippen LogP contribution < -0.4 is 22.1 Å². The number of nitrogens with two attached hydrogens (primary N) is 2. The predicted molar refractivity (Wildman–Crippen MR) is 99.2 cm³/mol. The monoisotopic (exact) mass is 397 g/mol. The minimum absolute atomic E-state index is 0.0151. The maximum Gasteiger partial charge on any atom is 0.416 e. The number of anilines is 1. The van der Waals surface area contributed by atoms with Crippen molar-refractivity contribution in [2.75, 3.05) is 18.4 Å². The third-order valence-electron chi connectivity index (χ3n) is 4.05. The molecule has 0 bridgehead atoms. The molecule has 0 aliphatic carbocycles. The highest BCUT2D eigenvalue weighted by molar-refractivity contribution is 6.02. The SMILES string of the molecule is C1CCNCC1.NC(=O)Nc1cn(-c2ccc(C(F)(F)F)cc2)cc1C(N)=O. The van der Waals surface area contributed by atoms with Crippen molar-refractivity contribution in [2.24, 2.45) is 11.5 Å². The van der Waals surface area contributed by atoms with Crippen molar-refractivity contribution >= 4 is 17.6 Å². The summed E-state index contributed by atoms with van der Waals surface area (Å²) < 4.78 is 38.9. The fourth-order valence-electron chi connectivity index (χ4n) is 2.66. The molecule has 152 valence electrons. The molecule has 0 unspecified atom stereocenters. The Morgan fingerprint density at radius 1 is 1.00 bits per heavy atom. The fraction of sp³-hybridized carbons (Fsp3) is 0.333. The largest absolute Gasteiger partial charge is 0.416 e. The lowest BCUT2D eigenvalue weighted by Crippen LogP contribution is -2.21. The molecule has 0 atom stereocenters. The molecule has 28 heavy (non-hydrogen) atoms. The van der Waals surface area contributed by atoms with Gasteiger partial charge < -0.3 is 26.7 Å². The number of piperidine rings is 1. The molecule has 3 rings (SSSR count). The van der Waals surface area contributed by atoms with Gasteiger partial charge in [-0.2, -0.15) is 13.2 Å². The summed E-state index contributed by atoms with van der Waals surface area (Å²) in [4.78, 5) is 22.2. The number of hydrogen-bond donors (Lipinski definition) is 4. The molecule has 1 aliphatic heterocycles. The zero-order chi connectivity index (χ0) is 20.7. The number of aromatic nitrogens is 1. The molecule has 2 aromatic rings. The van der Waals surface area contributed by atoms with Gasteiger partial charge in [0.15, 0.2) is 0 Å². The van der Waals surface area contributed by atoms with E-state index in [1.165, 1.54) is 61.4 Å². The van der Waals surface area contributed by atoms with E-state index in [9.17, 15) is 22.8 Å². The third-order valence-corrected chi connectivity index (χ3v) is 4.05. The summed E-state index contributed by atoms with van der Waals surface area (Å²) in [6.07, 6.45) is 2.39. The van der Waals surface area contributed by atoms with Gasteiger partial charge in [0, 0.05) is 18.1 Å². The van der Waals surface area contributed by atoms with Gasteiger partial charge >= 0.3 is 12.2 Å². The number of amides is 3. The lowest BCUT2D eigenvalue weighted by molar-refractivity contribution is -0.137. The summed E-state index contributed by atoms with van der Waals surface area (Å²) >= 11 is 0. The van der Waals surface area contributed by atoms with Crippen LogP contribution in [0, 0.1) is 0 Å². The van der Waals surface area contributed by atoms with Crippen LogP contribution in [0.15, 0.2) is 36.7 Å². The Bertz CT molecular complexity index is 800. The van der Waals surface area contributed by atoms with Crippen LogP contribution >= 0.6 is 0 Å². The van der Waals surface area contributed by atoms with Gasteiger partial charge in [0.05, 0.1) is 16.8 Å². The summed E-state index contributed by atoms with van der Waals surface area (Å²) in [5.41, 5.74) is 9.75. The number of hydrogen-bond acceptors (Lipinski definition) is 3. The Kier molecular flexibility index (Phi) is 7.05. The van der Waals surface area contributed by atoms with Crippen molar-refractivity contribution in [1.29, 1.82) is 0 Å². The number of nitrogens with one attached hydrogen (secondary N) is 2. The molecular formula is C18H22F3N5O2. The first-order valence-corrected chi connectivity index (χ1v) is 8.65. The van der Waals surface area contributed by atoms with Gasteiger partial charge in [-0.1, -0.05) is 6.42 Å². The lowest BCUT2D eigenvalue weighted by atomic mass is 10.2. The molecule has 2 heterocycles. The van der Waals surface area contributed by atoms with E-state index in [2.05, 4.69) is 10.6 Å². The molecule has 10 heteroatoms. The van der Waals surface area contributed by atoms with E-state index in [0.29, 0.717) is 5.69 Å². The molecule has 1 saturated heterocycles. The van der Waals surface area contributed by atoms with Gasteiger partial charge in [-0.25, -0.2) is 4.79 Å². The topological polar surface area (TPSA) is 115 Å². The van der Waals surface area contributed by atoms with Crippen LogP contribution in [-0.4, -0.2) is 29.6 Å². The highest BCUT2D eigenvalue weighted by Gasteiger charge is 2.30. The Morgan fingerprint density at radius 3 is 2.00 bits per heavy atom. The molecule has 1 aromatic heterocycles. The molecule has 7 nitrogen and oxygen atoms in total. The second kappa shape index (κ2) is 9.27. The smallest absolute Gasteiger partial charge is 0.365 e. The van der Waals surface area contributed by atoms with Crippen molar-refractivity contribution in [3.8, 4) is 5.69 Å². The molecule has 1 aliphatic rings. The van der Waals surface area contributed by atoms with E-state index in [-0.39, 0.29) is 11.3 Å². The number of carbonyl (C=O) groups excluding carboxylic acids is 2. The summed E-state index contributed by atoms with van der Waals surface area (Å²) in [7, 11) is 0. The zero-order valence-electron chi connectivity index (χ0n) is 15.1. The van der Waals surface area contributed by atoms with Crippen molar-refractivity contribution in [2.45, 2.75) is 25.4 Å². The Morgan fingerprint density at radius 2 is 1.61 bits per heavy atom. The van der Waals surface area contributed by atoms with E-state index in [0.717, 1.165) is 12.1 Å². The summed E-state index contributed by atoms with van der Waals surface area (Å²) in [6, 6.07) is 3.36. The Hall–Kier alpha value is -3.01. The van der Waals surface area contributed by atoms with Crippen LogP contribution in [0.5, 0.6) is 0 Å². The molecule has 1 aromatic carbocycles. The molecule has 0 spiro atoms. The minimum atomic E-state index is -4.44. The van der Waals surface area contributed by atoms with Crippen LogP contribution in [0.2, 0.25) is 0 Å². The average Bonchev–Trinajstić information content (AvgIpc) is 3.06. The molecule has 3 amide bonds. The van der Waals surface area contributed by atoms with E-state index in [1.54, 1.807) is 0 Å². The standard InChI is InChI=1S/C13H11F3N4O2.C5H11N/c14-13(15,16)7-1-3-8(4-2-7)20-5-9(11(17)21)10(6-20)19-12(18)22;1-2-4-6-5-3-1/h1-6H,(H2,17,21)(H3,18,19,22);6H,1-5H2. The summed E-state index contributed by atoms with van der Waals surface area (Å²) in [5, 5.41) is 5.50. The van der Waals surface area contributed by atoms with Gasteiger partial charge in [-0.05, 0) is 50.2 Å². The molecular weight excluding hydrogens is 375 g/mol. The quantitative estimate of drug-likeness (QED) is 0.638. The van der Waals surface area contributed by atoms with Crippen LogP contribution in [0.4, 0.5) is 23.7 Å². The number of nitrogens with zero attached hydrogens (tertiary/aromatic N) is 1. The number of benzene rings is 1. The van der Waals surface area contributed by atoms with E-state index < -0.39 is 23.7 Å². The highest BCUT2D eigenvalue weighted by Crippen LogP contribution is 2.30. The second-order valence-electron chi connectivity index (χ2n) is 6.20. The predicted octanol–water partition coefficient (Wildman–Crippen LogP) is 2.85. The van der Waals surface area contributed by atoms with Crippen LogP contribution in [-0.2, 0) is 6.18 Å². The number of alkyl halides is 3. The number of urea groups is 1. The minimum Gasteiger partial charge on any atom is -0.365 e. The molecule has 0 radical (unpaired) electrons. The van der Waals surface area contributed by atoms with Crippen LogP contribution in [0.3, 0.4) is 0 Å². The van der Waals surface area contributed by atoms with Crippen molar-refractivity contribution in [3.05, 3.63) is 47.8 Å². The zero-order valence-corrected chi connectivity index (χ0v) is 15.1. The first-order chi connectivity index (χ1) is 13.2. The normalized spacial score (nSPS) is 14.0. The Labute approximate surface area is 159 Å². The van der Waals surface area contributed by atoms with Gasteiger partial charge in [-0.3, -0.25) is 4.79 Å². The second-order valence-corrected chi connectivity index (χ2v) is 6.20. The first-order valence-electron chi connectivity index (χ1n) is 8.65. The summed E-state index contributed by atoms with van der Waals surface area (Å²) in [5.74, 6) is -0.811. The van der Waals surface area contributed by atoms with Crippen LogP contribution in [0.1, 0.15) is 35.2 Å². The van der Waals surface area contributed by atoms with Gasteiger partial charge in [-0.15, -0.1) is 0 Å². The fourth-order valence-corrected chi connectivity index (χ4v) is 2.66. The Balaban J connectivity index is 0.000000397. The maximum absolute atomic E-state index is 12.5. The number of primary amides is 2. The van der Waals surface area contributed by atoms with Crippen molar-refractivity contribution < 1.29 is 22.8 Å². The average molecular weight is 397 g/mol. The van der Waals surface area contributed by atoms with Gasteiger partial charge in [0.25, 0.3) is 5.91 Å². The van der Waals surface area contributed by atoms with E-state index in [1.807, 2.05) is 0 Å². The van der Waals surface area contributed by atoms with E-state index >= 15 is 0 Å². The molecule has 1 fully saturated rings. The lowest BCUT2D eigenvalue weighted by Gasteiger charge is -2.08. The third kappa shape index (κ3) is 6.02. The van der Waals surface area contributed by atoms with Crippen molar-refractivity contribution in [1.82, 2.24) is 9.88 Å². The number of halogens is 3. The van der Waals surface area contributed by atoms with Gasteiger partial charge in [0.2, 0.25) is 0 Å². The highest BCUT2D eigenvalue weighted by atomic mass is 19.4. The molecule has 0 saturated carbocycles. The van der Waals surface area contributed by atoms with Crippen molar-refractivity contribution in [3.63, 3.8) is 0 Å².